The normalized spacial score (nSPS) is 33.5. The van der Waals surface area contributed by atoms with E-state index in [2.05, 4.69) is 10.2 Å². The van der Waals surface area contributed by atoms with E-state index in [0.717, 1.165) is 32.5 Å². The number of amides is 2. The van der Waals surface area contributed by atoms with Crippen LogP contribution in [-0.4, -0.2) is 65.2 Å². The van der Waals surface area contributed by atoms with Gasteiger partial charge in [-0.2, -0.15) is 0 Å². The third kappa shape index (κ3) is 3.31. The Labute approximate surface area is 125 Å². The quantitative estimate of drug-likeness (QED) is 0.801. The fraction of sp³-hybridized carbons (Fsp3) is 0.867. The second-order valence-corrected chi connectivity index (χ2v) is 6.63. The van der Waals surface area contributed by atoms with Crippen molar-refractivity contribution in [1.29, 1.82) is 0 Å². The van der Waals surface area contributed by atoms with Gasteiger partial charge in [-0.15, -0.1) is 0 Å². The largest absolute Gasteiger partial charge is 0.481 e. The van der Waals surface area contributed by atoms with Gasteiger partial charge in [0.2, 0.25) is 0 Å². The Morgan fingerprint density at radius 1 is 1.05 bits per heavy atom. The van der Waals surface area contributed by atoms with Gasteiger partial charge in [-0.05, 0) is 45.1 Å². The Hall–Kier alpha value is -1.30. The Morgan fingerprint density at radius 3 is 2.62 bits per heavy atom. The highest BCUT2D eigenvalue weighted by molar-refractivity contribution is 5.75. The number of hydrogen-bond donors (Lipinski definition) is 2. The zero-order valence-electron chi connectivity index (χ0n) is 12.5. The first-order chi connectivity index (χ1) is 10.1. The molecule has 2 saturated heterocycles. The van der Waals surface area contributed by atoms with Gasteiger partial charge in [-0.25, -0.2) is 4.79 Å². The summed E-state index contributed by atoms with van der Waals surface area (Å²) in [5, 5.41) is 12.1. The number of nitrogens with zero attached hydrogens (tertiary/aromatic N) is 2. The van der Waals surface area contributed by atoms with Crippen molar-refractivity contribution < 1.29 is 14.7 Å². The molecule has 1 unspecified atom stereocenters. The van der Waals surface area contributed by atoms with E-state index in [1.54, 1.807) is 0 Å². The van der Waals surface area contributed by atoms with Gasteiger partial charge in [0.15, 0.2) is 0 Å². The maximum atomic E-state index is 12.4. The molecular formula is C15H25N3O3. The van der Waals surface area contributed by atoms with Crippen LogP contribution in [-0.2, 0) is 4.79 Å². The lowest BCUT2D eigenvalue weighted by Crippen LogP contribution is -2.47. The molecule has 2 N–H and O–H groups in total. The van der Waals surface area contributed by atoms with E-state index in [9.17, 15) is 9.59 Å². The van der Waals surface area contributed by atoms with E-state index in [0.29, 0.717) is 18.9 Å². The standard InChI is InChI=1S/C15H25N3O3/c19-14(20)11-4-5-12(9-11)16-15(21)18-8-2-7-17-6-1-3-13(17)10-18/h11-13H,1-10H2,(H,16,21)(H,19,20)/t11-,12+,13?/m1/s1. The van der Waals surface area contributed by atoms with E-state index < -0.39 is 5.97 Å². The molecule has 0 aromatic carbocycles. The van der Waals surface area contributed by atoms with Gasteiger partial charge >= 0.3 is 12.0 Å². The third-order valence-corrected chi connectivity index (χ3v) is 5.20. The summed E-state index contributed by atoms with van der Waals surface area (Å²) >= 11 is 0. The third-order valence-electron chi connectivity index (χ3n) is 5.20. The Morgan fingerprint density at radius 2 is 1.86 bits per heavy atom. The van der Waals surface area contributed by atoms with Gasteiger partial charge in [0, 0.05) is 31.7 Å². The minimum Gasteiger partial charge on any atom is -0.481 e. The summed E-state index contributed by atoms with van der Waals surface area (Å²) in [6, 6.07) is 0.551. The second kappa shape index (κ2) is 6.22. The van der Waals surface area contributed by atoms with Crippen molar-refractivity contribution in [3.05, 3.63) is 0 Å². The molecule has 2 amide bonds. The molecule has 3 rings (SSSR count). The first-order valence-corrected chi connectivity index (χ1v) is 8.16. The molecule has 2 aliphatic heterocycles. The number of nitrogens with one attached hydrogen (secondary N) is 1. The Balaban J connectivity index is 1.52. The fourth-order valence-corrected chi connectivity index (χ4v) is 3.99. The minimum atomic E-state index is -0.733. The predicted octanol–water partition coefficient (Wildman–Crippen LogP) is 1.12. The van der Waals surface area contributed by atoms with Crippen LogP contribution >= 0.6 is 0 Å². The summed E-state index contributed by atoms with van der Waals surface area (Å²) in [7, 11) is 0. The molecule has 0 aromatic heterocycles. The molecule has 0 spiro atoms. The van der Waals surface area contributed by atoms with Crippen LogP contribution in [0.15, 0.2) is 0 Å². The van der Waals surface area contributed by atoms with Gasteiger partial charge in [0.1, 0.15) is 0 Å². The van der Waals surface area contributed by atoms with Crippen molar-refractivity contribution in [2.45, 2.75) is 50.6 Å². The zero-order valence-corrected chi connectivity index (χ0v) is 12.5. The summed E-state index contributed by atoms with van der Waals surface area (Å²) in [5.41, 5.74) is 0. The number of hydrogen-bond acceptors (Lipinski definition) is 3. The molecule has 118 valence electrons. The van der Waals surface area contributed by atoms with Crippen LogP contribution in [0.25, 0.3) is 0 Å². The molecule has 21 heavy (non-hydrogen) atoms. The van der Waals surface area contributed by atoms with Crippen molar-refractivity contribution in [2.75, 3.05) is 26.2 Å². The van der Waals surface area contributed by atoms with Crippen molar-refractivity contribution in [3.8, 4) is 0 Å². The zero-order chi connectivity index (χ0) is 14.8. The van der Waals surface area contributed by atoms with Crippen LogP contribution in [0.2, 0.25) is 0 Å². The predicted molar refractivity (Wildman–Crippen MR) is 78.1 cm³/mol. The smallest absolute Gasteiger partial charge is 0.317 e. The molecule has 1 aliphatic carbocycles. The molecule has 6 heteroatoms. The molecule has 3 fully saturated rings. The van der Waals surface area contributed by atoms with Gasteiger partial charge in [0.25, 0.3) is 0 Å². The van der Waals surface area contributed by atoms with Gasteiger partial charge in [0.05, 0.1) is 5.92 Å². The molecule has 0 bridgehead atoms. The van der Waals surface area contributed by atoms with Gasteiger partial charge in [-0.1, -0.05) is 0 Å². The fourth-order valence-electron chi connectivity index (χ4n) is 3.99. The van der Waals surface area contributed by atoms with Crippen LogP contribution in [0.5, 0.6) is 0 Å². The number of fused-ring (bicyclic) bond motifs is 1. The molecule has 0 aromatic rings. The number of carboxylic acids is 1. The Kier molecular flexibility index (Phi) is 4.33. The van der Waals surface area contributed by atoms with E-state index >= 15 is 0 Å². The number of carboxylic acid groups (broad SMARTS) is 1. The van der Waals surface area contributed by atoms with E-state index in [-0.39, 0.29) is 18.0 Å². The second-order valence-electron chi connectivity index (χ2n) is 6.63. The molecular weight excluding hydrogens is 270 g/mol. The lowest BCUT2D eigenvalue weighted by Gasteiger charge is -2.27. The maximum Gasteiger partial charge on any atom is 0.317 e. The van der Waals surface area contributed by atoms with E-state index in [4.69, 9.17) is 5.11 Å². The molecule has 6 nitrogen and oxygen atoms in total. The lowest BCUT2D eigenvalue weighted by atomic mass is 10.1. The van der Waals surface area contributed by atoms with Crippen LogP contribution in [0, 0.1) is 5.92 Å². The van der Waals surface area contributed by atoms with Crippen LogP contribution in [0.4, 0.5) is 4.79 Å². The van der Waals surface area contributed by atoms with Crippen LogP contribution in [0.3, 0.4) is 0 Å². The van der Waals surface area contributed by atoms with Crippen molar-refractivity contribution in [2.24, 2.45) is 5.92 Å². The van der Waals surface area contributed by atoms with E-state index in [1.807, 2.05) is 4.90 Å². The topological polar surface area (TPSA) is 72.9 Å². The van der Waals surface area contributed by atoms with Crippen LogP contribution in [0.1, 0.15) is 38.5 Å². The highest BCUT2D eigenvalue weighted by Gasteiger charge is 2.34. The summed E-state index contributed by atoms with van der Waals surface area (Å²) in [4.78, 5) is 27.8. The van der Waals surface area contributed by atoms with Gasteiger partial charge < -0.3 is 15.3 Å². The number of carbonyl (C=O) groups excluding carboxylic acids is 1. The molecule has 3 aliphatic rings. The minimum absolute atomic E-state index is 0.000196. The van der Waals surface area contributed by atoms with E-state index in [1.165, 1.54) is 19.4 Å². The molecule has 1 saturated carbocycles. The first kappa shape index (κ1) is 14.6. The average Bonchev–Trinajstić information content (AvgIpc) is 3.04. The highest BCUT2D eigenvalue weighted by Crippen LogP contribution is 2.26. The molecule has 2 heterocycles. The lowest BCUT2D eigenvalue weighted by molar-refractivity contribution is -0.141. The average molecular weight is 295 g/mol. The highest BCUT2D eigenvalue weighted by atomic mass is 16.4. The summed E-state index contributed by atoms with van der Waals surface area (Å²) in [6.45, 7) is 3.90. The van der Waals surface area contributed by atoms with Gasteiger partial charge in [-0.3, -0.25) is 9.69 Å². The molecule has 0 radical (unpaired) electrons. The van der Waals surface area contributed by atoms with Crippen molar-refractivity contribution >= 4 is 12.0 Å². The number of rotatable bonds is 2. The summed E-state index contributed by atoms with van der Waals surface area (Å²) in [5.74, 6) is -1.02. The first-order valence-electron chi connectivity index (χ1n) is 8.16. The summed E-state index contributed by atoms with van der Waals surface area (Å²) < 4.78 is 0. The number of carbonyl (C=O) groups is 2. The summed E-state index contributed by atoms with van der Waals surface area (Å²) in [6.07, 6.45) is 5.50. The van der Waals surface area contributed by atoms with Crippen molar-refractivity contribution in [1.82, 2.24) is 15.1 Å². The Bertz CT molecular complexity index is 415. The van der Waals surface area contributed by atoms with Crippen LogP contribution < -0.4 is 5.32 Å². The molecule has 3 atom stereocenters. The SMILES string of the molecule is O=C(O)[C@@H]1CC[C@H](NC(=O)N2CCCN3CCCC3C2)C1. The number of aliphatic carboxylic acids is 1. The number of urea groups is 1. The maximum absolute atomic E-state index is 12.4. The monoisotopic (exact) mass is 295 g/mol. The van der Waals surface area contributed by atoms with Crippen molar-refractivity contribution in [3.63, 3.8) is 0 Å².